The summed E-state index contributed by atoms with van der Waals surface area (Å²) in [6, 6.07) is -0.384. The summed E-state index contributed by atoms with van der Waals surface area (Å²) in [7, 11) is 0. The fraction of sp³-hybridized carbons (Fsp3) is 0.778. The molecule has 1 N–H and O–H groups in total. The largest absolute Gasteiger partial charge is 0.444 e. The number of likely N-dealkylation sites (tertiary alicyclic amines) is 1. The van der Waals surface area contributed by atoms with Crippen LogP contribution >= 0.6 is 0 Å². The minimum absolute atomic E-state index is 0.0511. The highest BCUT2D eigenvalue weighted by Gasteiger charge is 2.36. The normalized spacial score (nSPS) is 21.8. The second-order valence-electron chi connectivity index (χ2n) is 7.48. The summed E-state index contributed by atoms with van der Waals surface area (Å²) in [5, 5.41) is 2.99. The summed E-state index contributed by atoms with van der Waals surface area (Å²) < 4.78 is 5.40. The third-order valence-electron chi connectivity index (χ3n) is 4.31. The molecule has 1 aliphatic heterocycles. The molecule has 2 rings (SSSR count). The lowest BCUT2D eigenvalue weighted by atomic mass is 9.97. The number of amides is 2. The number of allylic oxidation sites excluding steroid dienone is 1. The zero-order valence-corrected chi connectivity index (χ0v) is 14.7. The van der Waals surface area contributed by atoms with E-state index in [9.17, 15) is 9.59 Å². The van der Waals surface area contributed by atoms with Gasteiger partial charge in [-0.25, -0.2) is 4.79 Å². The lowest BCUT2D eigenvalue weighted by Crippen LogP contribution is -2.47. The molecule has 2 aliphatic rings. The summed E-state index contributed by atoms with van der Waals surface area (Å²) >= 11 is 0. The number of nitrogens with one attached hydrogen (secondary N) is 1. The van der Waals surface area contributed by atoms with Crippen LogP contribution < -0.4 is 5.32 Å². The van der Waals surface area contributed by atoms with Crippen molar-refractivity contribution in [2.45, 2.75) is 77.4 Å². The van der Waals surface area contributed by atoms with Gasteiger partial charge in [-0.3, -0.25) is 9.69 Å². The van der Waals surface area contributed by atoms with Crippen molar-refractivity contribution in [2.75, 3.05) is 13.1 Å². The lowest BCUT2D eigenvalue weighted by molar-refractivity contribution is -0.125. The fourth-order valence-corrected chi connectivity index (χ4v) is 3.17. The highest BCUT2D eigenvalue weighted by Crippen LogP contribution is 2.22. The maximum Gasteiger partial charge on any atom is 0.410 e. The Kier molecular flexibility index (Phi) is 6.08. The van der Waals surface area contributed by atoms with Crippen LogP contribution in [0.3, 0.4) is 0 Å². The van der Waals surface area contributed by atoms with Gasteiger partial charge in [-0.1, -0.05) is 11.6 Å². The van der Waals surface area contributed by atoms with Crippen molar-refractivity contribution in [3.63, 3.8) is 0 Å². The molecule has 2 amide bonds. The number of rotatable bonds is 4. The Morgan fingerprint density at radius 3 is 2.74 bits per heavy atom. The van der Waals surface area contributed by atoms with Crippen LogP contribution in [0.25, 0.3) is 0 Å². The number of ether oxygens (including phenoxy) is 1. The van der Waals surface area contributed by atoms with Crippen LogP contribution in [0.4, 0.5) is 4.79 Å². The zero-order valence-electron chi connectivity index (χ0n) is 14.7. The van der Waals surface area contributed by atoms with Gasteiger partial charge in [0.1, 0.15) is 11.6 Å². The standard InChI is InChI=1S/C18H30N2O3/c1-18(2,3)23-17(22)20-13-7-10-15(20)16(21)19-12-11-14-8-5-4-6-9-14/h8,15H,4-7,9-13H2,1-3H3,(H,19,21)/t15-/m0/s1. The maximum absolute atomic E-state index is 12.4. The van der Waals surface area contributed by atoms with Gasteiger partial charge in [0.05, 0.1) is 0 Å². The quantitative estimate of drug-likeness (QED) is 0.807. The van der Waals surface area contributed by atoms with Crippen LogP contribution in [-0.2, 0) is 9.53 Å². The molecule has 130 valence electrons. The molecule has 0 aromatic rings. The van der Waals surface area contributed by atoms with Crippen LogP contribution in [0.1, 0.15) is 65.7 Å². The lowest BCUT2D eigenvalue weighted by Gasteiger charge is -2.28. The van der Waals surface area contributed by atoms with E-state index in [1.54, 1.807) is 4.90 Å². The van der Waals surface area contributed by atoms with E-state index in [1.165, 1.54) is 24.8 Å². The number of carbonyl (C=O) groups excluding carboxylic acids is 2. The molecule has 0 aromatic carbocycles. The number of hydrogen-bond donors (Lipinski definition) is 1. The third kappa shape index (κ3) is 5.56. The van der Waals surface area contributed by atoms with E-state index in [2.05, 4.69) is 11.4 Å². The van der Waals surface area contributed by atoms with E-state index in [4.69, 9.17) is 4.74 Å². The van der Waals surface area contributed by atoms with E-state index in [0.29, 0.717) is 19.5 Å². The van der Waals surface area contributed by atoms with Crippen molar-refractivity contribution in [3.8, 4) is 0 Å². The SMILES string of the molecule is CC(C)(C)OC(=O)N1CCC[C@H]1C(=O)NCCC1=CCCCC1. The van der Waals surface area contributed by atoms with Gasteiger partial charge in [0.25, 0.3) is 0 Å². The molecular formula is C18H30N2O3. The highest BCUT2D eigenvalue weighted by molar-refractivity contribution is 5.86. The molecule has 1 aliphatic carbocycles. The number of carbonyl (C=O) groups is 2. The molecule has 0 spiro atoms. The van der Waals surface area contributed by atoms with Crippen molar-refractivity contribution >= 4 is 12.0 Å². The summed E-state index contributed by atoms with van der Waals surface area (Å²) in [5.41, 5.74) is 0.917. The molecule has 0 radical (unpaired) electrons. The molecule has 0 aromatic heterocycles. The minimum Gasteiger partial charge on any atom is -0.444 e. The maximum atomic E-state index is 12.4. The van der Waals surface area contributed by atoms with Crippen LogP contribution in [0.2, 0.25) is 0 Å². The molecule has 0 bridgehead atoms. The molecule has 1 atom stereocenters. The van der Waals surface area contributed by atoms with Gasteiger partial charge in [-0.2, -0.15) is 0 Å². The molecule has 23 heavy (non-hydrogen) atoms. The van der Waals surface area contributed by atoms with Gasteiger partial charge in [-0.15, -0.1) is 0 Å². The van der Waals surface area contributed by atoms with Gasteiger partial charge >= 0.3 is 6.09 Å². The molecule has 0 saturated carbocycles. The average molecular weight is 322 g/mol. The number of nitrogens with zero attached hydrogens (tertiary/aromatic N) is 1. The first-order valence-electron chi connectivity index (χ1n) is 8.82. The topological polar surface area (TPSA) is 58.6 Å². The Morgan fingerprint density at radius 2 is 2.09 bits per heavy atom. The molecule has 1 saturated heterocycles. The van der Waals surface area contributed by atoms with Crippen LogP contribution in [-0.4, -0.2) is 41.6 Å². The minimum atomic E-state index is -0.534. The first-order chi connectivity index (χ1) is 10.9. The second kappa shape index (κ2) is 7.84. The zero-order chi connectivity index (χ0) is 16.9. The molecular weight excluding hydrogens is 292 g/mol. The molecule has 5 heteroatoms. The van der Waals surface area contributed by atoms with Crippen molar-refractivity contribution in [1.29, 1.82) is 0 Å². The smallest absolute Gasteiger partial charge is 0.410 e. The van der Waals surface area contributed by atoms with Crippen molar-refractivity contribution in [2.24, 2.45) is 0 Å². The van der Waals surface area contributed by atoms with Gasteiger partial charge < -0.3 is 10.1 Å². The monoisotopic (exact) mass is 322 g/mol. The predicted molar refractivity (Wildman–Crippen MR) is 90.1 cm³/mol. The Balaban J connectivity index is 1.80. The van der Waals surface area contributed by atoms with Crippen molar-refractivity contribution in [1.82, 2.24) is 10.2 Å². The third-order valence-corrected chi connectivity index (χ3v) is 4.31. The van der Waals surface area contributed by atoms with Crippen LogP contribution in [0, 0.1) is 0 Å². The summed E-state index contributed by atoms with van der Waals surface area (Å²) in [6.07, 6.45) is 9.27. The Labute approximate surface area is 139 Å². The van der Waals surface area contributed by atoms with Crippen molar-refractivity contribution in [3.05, 3.63) is 11.6 Å². The van der Waals surface area contributed by atoms with E-state index in [0.717, 1.165) is 19.3 Å². The molecule has 5 nitrogen and oxygen atoms in total. The van der Waals surface area contributed by atoms with Gasteiger partial charge in [0.15, 0.2) is 0 Å². The number of hydrogen-bond acceptors (Lipinski definition) is 3. The van der Waals surface area contributed by atoms with Gasteiger partial charge in [0.2, 0.25) is 5.91 Å². The summed E-state index contributed by atoms with van der Waals surface area (Å²) in [6.45, 7) is 6.78. The first-order valence-corrected chi connectivity index (χ1v) is 8.82. The first kappa shape index (κ1) is 17.8. The molecule has 0 unspecified atom stereocenters. The van der Waals surface area contributed by atoms with E-state index in [-0.39, 0.29) is 18.0 Å². The van der Waals surface area contributed by atoms with E-state index >= 15 is 0 Å². The van der Waals surface area contributed by atoms with Gasteiger partial charge in [0, 0.05) is 13.1 Å². The molecule has 1 fully saturated rings. The summed E-state index contributed by atoms with van der Waals surface area (Å²) in [4.78, 5) is 26.2. The van der Waals surface area contributed by atoms with Crippen molar-refractivity contribution < 1.29 is 14.3 Å². The van der Waals surface area contributed by atoms with E-state index in [1.807, 2.05) is 20.8 Å². The summed E-state index contributed by atoms with van der Waals surface area (Å²) in [5.74, 6) is -0.0511. The van der Waals surface area contributed by atoms with E-state index < -0.39 is 5.60 Å². The fourth-order valence-electron chi connectivity index (χ4n) is 3.17. The Morgan fingerprint density at radius 1 is 1.30 bits per heavy atom. The predicted octanol–water partition coefficient (Wildman–Crippen LogP) is 3.39. The molecule has 1 heterocycles. The average Bonchev–Trinajstić information content (AvgIpc) is 2.96. The highest BCUT2D eigenvalue weighted by atomic mass is 16.6. The van der Waals surface area contributed by atoms with Crippen LogP contribution in [0.5, 0.6) is 0 Å². The Bertz CT molecular complexity index is 465. The van der Waals surface area contributed by atoms with Crippen LogP contribution in [0.15, 0.2) is 11.6 Å². The van der Waals surface area contributed by atoms with Gasteiger partial charge in [-0.05, 0) is 65.7 Å². The Hall–Kier alpha value is -1.52. The second-order valence-corrected chi connectivity index (χ2v) is 7.48.